The number of pyridine rings is 1. The molecular weight excluding hydrogens is 236 g/mol. The zero-order valence-corrected chi connectivity index (χ0v) is 11.8. The van der Waals surface area contributed by atoms with E-state index in [1.807, 2.05) is 25.2 Å². The van der Waals surface area contributed by atoms with Gasteiger partial charge in [0.2, 0.25) is 0 Å². The van der Waals surface area contributed by atoms with Crippen molar-refractivity contribution in [3.8, 4) is 0 Å². The first-order chi connectivity index (χ1) is 9.35. The Hall–Kier alpha value is -1.61. The minimum absolute atomic E-state index is 0.623. The third-order valence-corrected chi connectivity index (χ3v) is 3.19. The van der Waals surface area contributed by atoms with Gasteiger partial charge in [-0.15, -0.1) is 0 Å². The highest BCUT2D eigenvalue weighted by Crippen LogP contribution is 2.20. The van der Waals surface area contributed by atoms with Gasteiger partial charge in [-0.3, -0.25) is 0 Å². The second-order valence-electron chi connectivity index (χ2n) is 4.70. The number of fused-ring (bicyclic) bond motifs is 1. The van der Waals surface area contributed by atoms with E-state index in [4.69, 9.17) is 4.74 Å². The van der Waals surface area contributed by atoms with Gasteiger partial charge in [0.05, 0.1) is 12.1 Å². The van der Waals surface area contributed by atoms with Crippen LogP contribution in [0.4, 0.5) is 5.82 Å². The standard InChI is InChI=1S/C16H22N2O/c1-3-4-7-10-19-12-14-11-13-8-5-6-9-15(13)18-16(14)17-2/h5-6,8-9,11H,3-4,7,10,12H2,1-2H3,(H,17,18). The van der Waals surface area contributed by atoms with Crippen LogP contribution in [0.5, 0.6) is 0 Å². The van der Waals surface area contributed by atoms with E-state index in [2.05, 4.69) is 29.4 Å². The highest BCUT2D eigenvalue weighted by atomic mass is 16.5. The van der Waals surface area contributed by atoms with Crippen molar-refractivity contribution >= 4 is 16.7 Å². The van der Waals surface area contributed by atoms with Gasteiger partial charge in [0.1, 0.15) is 5.82 Å². The monoisotopic (exact) mass is 258 g/mol. The summed E-state index contributed by atoms with van der Waals surface area (Å²) in [4.78, 5) is 4.62. The highest BCUT2D eigenvalue weighted by molar-refractivity contribution is 5.81. The van der Waals surface area contributed by atoms with Crippen molar-refractivity contribution in [1.82, 2.24) is 4.98 Å². The lowest BCUT2D eigenvalue weighted by Gasteiger charge is -2.10. The Morgan fingerprint density at radius 3 is 2.84 bits per heavy atom. The fraction of sp³-hybridized carbons (Fsp3) is 0.438. The lowest BCUT2D eigenvalue weighted by molar-refractivity contribution is 0.117. The zero-order valence-electron chi connectivity index (χ0n) is 11.8. The molecule has 1 aromatic carbocycles. The number of aromatic nitrogens is 1. The first-order valence-electron chi connectivity index (χ1n) is 6.99. The van der Waals surface area contributed by atoms with Crippen molar-refractivity contribution in [2.45, 2.75) is 32.8 Å². The van der Waals surface area contributed by atoms with E-state index in [9.17, 15) is 0 Å². The van der Waals surface area contributed by atoms with E-state index in [0.29, 0.717) is 6.61 Å². The van der Waals surface area contributed by atoms with Crippen LogP contribution in [0.2, 0.25) is 0 Å². The maximum absolute atomic E-state index is 5.73. The van der Waals surface area contributed by atoms with Crippen LogP contribution in [0.3, 0.4) is 0 Å². The molecular formula is C16H22N2O. The molecule has 0 aliphatic rings. The normalized spacial score (nSPS) is 10.8. The molecule has 0 fully saturated rings. The first kappa shape index (κ1) is 13.8. The molecule has 2 rings (SSSR count). The Labute approximate surface area is 115 Å². The minimum Gasteiger partial charge on any atom is -0.377 e. The average molecular weight is 258 g/mol. The second-order valence-corrected chi connectivity index (χ2v) is 4.70. The number of nitrogens with one attached hydrogen (secondary N) is 1. The van der Waals surface area contributed by atoms with E-state index in [-0.39, 0.29) is 0 Å². The lowest BCUT2D eigenvalue weighted by atomic mass is 10.1. The molecule has 1 heterocycles. The van der Waals surface area contributed by atoms with Crippen LogP contribution >= 0.6 is 0 Å². The molecule has 1 N–H and O–H groups in total. The van der Waals surface area contributed by atoms with E-state index >= 15 is 0 Å². The summed E-state index contributed by atoms with van der Waals surface area (Å²) in [7, 11) is 1.90. The Bertz CT molecular complexity index is 525. The summed E-state index contributed by atoms with van der Waals surface area (Å²) in [5, 5.41) is 4.31. The van der Waals surface area contributed by atoms with Gasteiger partial charge in [-0.1, -0.05) is 38.0 Å². The third-order valence-electron chi connectivity index (χ3n) is 3.19. The van der Waals surface area contributed by atoms with E-state index in [0.717, 1.165) is 35.3 Å². The number of ether oxygens (including phenoxy) is 1. The molecule has 0 atom stereocenters. The summed E-state index contributed by atoms with van der Waals surface area (Å²) < 4.78 is 5.73. The SMILES string of the molecule is CCCCCOCc1cc2ccccc2nc1NC. The predicted octanol–water partition coefficient (Wildman–Crippen LogP) is 3.98. The van der Waals surface area contributed by atoms with Crippen molar-refractivity contribution in [3.05, 3.63) is 35.9 Å². The topological polar surface area (TPSA) is 34.1 Å². The largest absolute Gasteiger partial charge is 0.377 e. The van der Waals surface area contributed by atoms with Crippen LogP contribution in [-0.4, -0.2) is 18.6 Å². The van der Waals surface area contributed by atoms with E-state index in [1.165, 1.54) is 12.8 Å². The number of hydrogen-bond donors (Lipinski definition) is 1. The quantitative estimate of drug-likeness (QED) is 0.763. The Morgan fingerprint density at radius 1 is 1.21 bits per heavy atom. The summed E-state index contributed by atoms with van der Waals surface area (Å²) in [5.74, 6) is 0.911. The number of benzene rings is 1. The average Bonchev–Trinajstić information content (AvgIpc) is 2.46. The maximum Gasteiger partial charge on any atom is 0.131 e. The van der Waals surface area contributed by atoms with Crippen molar-refractivity contribution in [2.75, 3.05) is 19.0 Å². The van der Waals surface area contributed by atoms with Gasteiger partial charge >= 0.3 is 0 Å². The fourth-order valence-electron chi connectivity index (χ4n) is 2.12. The van der Waals surface area contributed by atoms with E-state index < -0.39 is 0 Å². The van der Waals surface area contributed by atoms with Gasteiger partial charge in [0, 0.05) is 24.6 Å². The molecule has 102 valence electrons. The molecule has 0 aliphatic carbocycles. The summed E-state index contributed by atoms with van der Waals surface area (Å²) in [5.41, 5.74) is 2.14. The third kappa shape index (κ3) is 3.67. The molecule has 1 aromatic heterocycles. The molecule has 0 saturated heterocycles. The van der Waals surface area contributed by atoms with Gasteiger partial charge in [-0.25, -0.2) is 4.98 Å². The molecule has 3 heteroatoms. The van der Waals surface area contributed by atoms with E-state index in [1.54, 1.807) is 0 Å². The fourth-order valence-corrected chi connectivity index (χ4v) is 2.12. The van der Waals surface area contributed by atoms with Crippen LogP contribution in [0.1, 0.15) is 31.7 Å². The Morgan fingerprint density at radius 2 is 2.05 bits per heavy atom. The number of anilines is 1. The summed E-state index contributed by atoms with van der Waals surface area (Å²) in [6.45, 7) is 3.65. The lowest BCUT2D eigenvalue weighted by Crippen LogP contribution is -2.02. The Kier molecular flexibility index (Phi) is 5.16. The molecule has 0 amide bonds. The van der Waals surface area contributed by atoms with Crippen molar-refractivity contribution in [3.63, 3.8) is 0 Å². The van der Waals surface area contributed by atoms with Crippen molar-refractivity contribution in [1.29, 1.82) is 0 Å². The van der Waals surface area contributed by atoms with Gasteiger partial charge in [0.15, 0.2) is 0 Å². The highest BCUT2D eigenvalue weighted by Gasteiger charge is 2.05. The number of rotatable bonds is 7. The first-order valence-corrected chi connectivity index (χ1v) is 6.99. The van der Waals surface area contributed by atoms with Crippen molar-refractivity contribution < 1.29 is 4.74 Å². The van der Waals surface area contributed by atoms with Gasteiger partial charge < -0.3 is 10.1 Å². The number of unbranched alkanes of at least 4 members (excludes halogenated alkanes) is 2. The number of para-hydroxylation sites is 1. The molecule has 0 spiro atoms. The smallest absolute Gasteiger partial charge is 0.131 e. The molecule has 0 unspecified atom stereocenters. The van der Waals surface area contributed by atoms with Crippen LogP contribution in [-0.2, 0) is 11.3 Å². The van der Waals surface area contributed by atoms with Crippen LogP contribution in [0.15, 0.2) is 30.3 Å². The number of nitrogens with zero attached hydrogens (tertiary/aromatic N) is 1. The van der Waals surface area contributed by atoms with Gasteiger partial charge in [-0.05, 0) is 18.6 Å². The second kappa shape index (κ2) is 7.10. The maximum atomic E-state index is 5.73. The predicted molar refractivity (Wildman–Crippen MR) is 80.5 cm³/mol. The summed E-state index contributed by atoms with van der Waals surface area (Å²) in [6, 6.07) is 10.3. The van der Waals surface area contributed by atoms with Gasteiger partial charge in [-0.2, -0.15) is 0 Å². The summed E-state index contributed by atoms with van der Waals surface area (Å²) in [6.07, 6.45) is 3.59. The molecule has 0 aliphatic heterocycles. The molecule has 2 aromatic rings. The molecule has 19 heavy (non-hydrogen) atoms. The van der Waals surface area contributed by atoms with Crippen LogP contribution in [0, 0.1) is 0 Å². The molecule has 3 nitrogen and oxygen atoms in total. The van der Waals surface area contributed by atoms with Crippen molar-refractivity contribution in [2.24, 2.45) is 0 Å². The number of hydrogen-bond acceptors (Lipinski definition) is 3. The van der Waals surface area contributed by atoms with Gasteiger partial charge in [0.25, 0.3) is 0 Å². The molecule has 0 radical (unpaired) electrons. The van der Waals surface area contributed by atoms with Crippen LogP contribution in [0.25, 0.3) is 10.9 Å². The summed E-state index contributed by atoms with van der Waals surface area (Å²) >= 11 is 0. The Balaban J connectivity index is 2.08. The molecule has 0 bridgehead atoms. The van der Waals surface area contributed by atoms with Crippen LogP contribution < -0.4 is 5.32 Å². The molecule has 0 saturated carbocycles. The minimum atomic E-state index is 0.623. The zero-order chi connectivity index (χ0) is 13.5.